The smallest absolute Gasteiger partial charge is 0.259 e. The Bertz CT molecular complexity index is 1070. The van der Waals surface area contributed by atoms with Crippen LogP contribution in [0.1, 0.15) is 23.4 Å². The number of aromatic nitrogens is 4. The summed E-state index contributed by atoms with van der Waals surface area (Å²) in [5.41, 5.74) is 2.66. The molecule has 3 aromatic heterocycles. The SMILES string of the molecule is OC1(c2nc(-c3ccc4cc[nH]c4n3)no2)CCc2ccccc2C1. The van der Waals surface area contributed by atoms with Gasteiger partial charge < -0.3 is 14.6 Å². The second-order valence-corrected chi connectivity index (χ2v) is 6.51. The highest BCUT2D eigenvalue weighted by Gasteiger charge is 2.39. The molecular formula is C19H16N4O2. The van der Waals surface area contributed by atoms with Crippen molar-refractivity contribution in [2.24, 2.45) is 0 Å². The Kier molecular flexibility index (Phi) is 3.02. The summed E-state index contributed by atoms with van der Waals surface area (Å²) >= 11 is 0. The van der Waals surface area contributed by atoms with Crippen LogP contribution in [-0.4, -0.2) is 25.2 Å². The van der Waals surface area contributed by atoms with E-state index in [4.69, 9.17) is 4.52 Å². The highest BCUT2D eigenvalue weighted by Crippen LogP contribution is 2.36. The van der Waals surface area contributed by atoms with Gasteiger partial charge in [0.2, 0.25) is 5.82 Å². The maximum atomic E-state index is 11.1. The Morgan fingerprint density at radius 3 is 2.84 bits per heavy atom. The van der Waals surface area contributed by atoms with Gasteiger partial charge in [-0.3, -0.25) is 0 Å². The van der Waals surface area contributed by atoms with Gasteiger partial charge >= 0.3 is 0 Å². The summed E-state index contributed by atoms with van der Waals surface area (Å²) in [5, 5.41) is 16.1. The maximum absolute atomic E-state index is 11.1. The molecule has 6 nitrogen and oxygen atoms in total. The number of aliphatic hydroxyl groups is 1. The third-order valence-electron chi connectivity index (χ3n) is 4.87. The van der Waals surface area contributed by atoms with Crippen LogP contribution < -0.4 is 0 Å². The quantitative estimate of drug-likeness (QED) is 0.589. The number of fused-ring (bicyclic) bond motifs is 2. The van der Waals surface area contributed by atoms with Crippen molar-refractivity contribution >= 4 is 11.0 Å². The fourth-order valence-electron chi connectivity index (χ4n) is 3.47. The van der Waals surface area contributed by atoms with Crippen LogP contribution in [0, 0.1) is 0 Å². The lowest BCUT2D eigenvalue weighted by Crippen LogP contribution is -2.33. The first-order valence-electron chi connectivity index (χ1n) is 8.29. The molecule has 1 unspecified atom stereocenters. The molecule has 0 spiro atoms. The van der Waals surface area contributed by atoms with Crippen LogP contribution in [0.2, 0.25) is 0 Å². The molecule has 3 heterocycles. The number of nitrogens with one attached hydrogen (secondary N) is 1. The van der Waals surface area contributed by atoms with Gasteiger partial charge in [-0.05, 0) is 42.2 Å². The van der Waals surface area contributed by atoms with Gasteiger partial charge in [-0.2, -0.15) is 4.98 Å². The zero-order valence-electron chi connectivity index (χ0n) is 13.4. The first kappa shape index (κ1) is 14.4. The average Bonchev–Trinajstić information content (AvgIpc) is 3.30. The third kappa shape index (κ3) is 2.34. The molecule has 124 valence electrons. The molecule has 0 amide bonds. The fourth-order valence-corrected chi connectivity index (χ4v) is 3.47. The van der Waals surface area contributed by atoms with Crippen LogP contribution in [0.4, 0.5) is 0 Å². The minimum absolute atomic E-state index is 0.255. The lowest BCUT2D eigenvalue weighted by Gasteiger charge is -2.30. The Hall–Kier alpha value is -2.99. The molecule has 0 radical (unpaired) electrons. The molecule has 25 heavy (non-hydrogen) atoms. The zero-order valence-corrected chi connectivity index (χ0v) is 13.4. The van der Waals surface area contributed by atoms with Gasteiger partial charge in [0.25, 0.3) is 5.89 Å². The second kappa shape index (κ2) is 5.26. The van der Waals surface area contributed by atoms with E-state index in [9.17, 15) is 5.11 Å². The summed E-state index contributed by atoms with van der Waals surface area (Å²) < 4.78 is 5.41. The monoisotopic (exact) mass is 332 g/mol. The minimum atomic E-state index is -1.13. The van der Waals surface area contributed by atoms with Crippen LogP contribution in [0.5, 0.6) is 0 Å². The van der Waals surface area contributed by atoms with Gasteiger partial charge in [0.1, 0.15) is 16.9 Å². The molecule has 0 fully saturated rings. The largest absolute Gasteiger partial charge is 0.380 e. The van der Waals surface area contributed by atoms with Gasteiger partial charge in [-0.15, -0.1) is 0 Å². The van der Waals surface area contributed by atoms with E-state index in [1.807, 2.05) is 42.6 Å². The van der Waals surface area contributed by atoms with E-state index in [0.717, 1.165) is 23.0 Å². The molecule has 0 bridgehead atoms. The molecule has 0 saturated carbocycles. The highest BCUT2D eigenvalue weighted by molar-refractivity contribution is 5.77. The zero-order chi connectivity index (χ0) is 16.9. The molecule has 0 aliphatic heterocycles. The Morgan fingerprint density at radius 1 is 1.04 bits per heavy atom. The van der Waals surface area contributed by atoms with E-state index < -0.39 is 5.60 Å². The molecule has 1 aliphatic rings. The Labute approximate surface area is 143 Å². The third-order valence-corrected chi connectivity index (χ3v) is 4.87. The molecule has 0 saturated heterocycles. The summed E-state index contributed by atoms with van der Waals surface area (Å²) in [6.45, 7) is 0. The van der Waals surface area contributed by atoms with Crippen molar-refractivity contribution in [3.8, 4) is 11.5 Å². The van der Waals surface area contributed by atoms with Gasteiger partial charge in [0.05, 0.1) is 0 Å². The Balaban J connectivity index is 1.50. The van der Waals surface area contributed by atoms with Crippen LogP contribution in [0.15, 0.2) is 53.2 Å². The van der Waals surface area contributed by atoms with Gasteiger partial charge in [-0.25, -0.2) is 4.98 Å². The minimum Gasteiger partial charge on any atom is -0.380 e. The lowest BCUT2D eigenvalue weighted by atomic mass is 9.80. The summed E-state index contributed by atoms with van der Waals surface area (Å²) in [5.74, 6) is 0.643. The molecular weight excluding hydrogens is 316 g/mol. The molecule has 6 heteroatoms. The molecule has 4 aromatic rings. The van der Waals surface area contributed by atoms with Crippen molar-refractivity contribution in [1.82, 2.24) is 20.1 Å². The van der Waals surface area contributed by atoms with E-state index in [1.54, 1.807) is 0 Å². The van der Waals surface area contributed by atoms with E-state index in [1.165, 1.54) is 5.56 Å². The first-order valence-corrected chi connectivity index (χ1v) is 8.29. The first-order chi connectivity index (χ1) is 12.2. The number of aryl methyl sites for hydroxylation is 1. The summed E-state index contributed by atoms with van der Waals surface area (Å²) in [4.78, 5) is 12.0. The van der Waals surface area contributed by atoms with Crippen LogP contribution in [0.3, 0.4) is 0 Å². The van der Waals surface area contributed by atoms with Crippen LogP contribution in [0.25, 0.3) is 22.6 Å². The van der Waals surface area contributed by atoms with Crippen molar-refractivity contribution in [2.75, 3.05) is 0 Å². The van der Waals surface area contributed by atoms with Crippen molar-refractivity contribution in [3.05, 3.63) is 65.7 Å². The van der Waals surface area contributed by atoms with Crippen molar-refractivity contribution in [2.45, 2.75) is 24.9 Å². The topological polar surface area (TPSA) is 87.8 Å². The van der Waals surface area contributed by atoms with Crippen molar-refractivity contribution in [3.63, 3.8) is 0 Å². The number of H-pyrrole nitrogens is 1. The fraction of sp³-hybridized carbons (Fsp3) is 0.211. The summed E-state index contributed by atoms with van der Waals surface area (Å²) in [6.07, 6.45) is 3.67. The predicted molar refractivity (Wildman–Crippen MR) is 91.7 cm³/mol. The maximum Gasteiger partial charge on any atom is 0.259 e. The van der Waals surface area contributed by atoms with E-state index in [0.29, 0.717) is 24.4 Å². The van der Waals surface area contributed by atoms with Gasteiger partial charge in [0, 0.05) is 18.0 Å². The number of aromatic amines is 1. The van der Waals surface area contributed by atoms with Gasteiger partial charge in [0.15, 0.2) is 0 Å². The van der Waals surface area contributed by atoms with E-state index in [-0.39, 0.29) is 5.89 Å². The van der Waals surface area contributed by atoms with Crippen molar-refractivity contribution < 1.29 is 9.63 Å². The molecule has 1 aromatic carbocycles. The number of hydrogen-bond acceptors (Lipinski definition) is 5. The molecule has 5 rings (SSSR count). The summed E-state index contributed by atoms with van der Waals surface area (Å²) in [6, 6.07) is 13.9. The number of rotatable bonds is 2. The highest BCUT2D eigenvalue weighted by atomic mass is 16.5. The summed E-state index contributed by atoms with van der Waals surface area (Å²) in [7, 11) is 0. The molecule has 1 aliphatic carbocycles. The van der Waals surface area contributed by atoms with Gasteiger partial charge in [-0.1, -0.05) is 29.4 Å². The lowest BCUT2D eigenvalue weighted by molar-refractivity contribution is -0.00860. The standard InChI is InChI=1S/C19H16N4O2/c24-19(9-7-12-3-1-2-4-14(12)11-19)18-22-17(23-25-18)15-6-5-13-8-10-20-16(13)21-15/h1-6,8,10,24H,7,9,11H2,(H,20,21). The Morgan fingerprint density at radius 2 is 1.92 bits per heavy atom. The van der Waals surface area contributed by atoms with E-state index in [2.05, 4.69) is 26.2 Å². The number of pyridine rings is 1. The van der Waals surface area contributed by atoms with Crippen LogP contribution >= 0.6 is 0 Å². The van der Waals surface area contributed by atoms with Crippen molar-refractivity contribution in [1.29, 1.82) is 0 Å². The number of benzene rings is 1. The second-order valence-electron chi connectivity index (χ2n) is 6.51. The average molecular weight is 332 g/mol. The normalized spacial score (nSPS) is 19.9. The predicted octanol–water partition coefficient (Wildman–Crippen LogP) is 2.99. The van der Waals surface area contributed by atoms with E-state index >= 15 is 0 Å². The number of nitrogens with zero attached hydrogens (tertiary/aromatic N) is 3. The van der Waals surface area contributed by atoms with Crippen LogP contribution in [-0.2, 0) is 18.4 Å². The number of hydrogen-bond donors (Lipinski definition) is 2. The molecule has 1 atom stereocenters. The molecule has 2 N–H and O–H groups in total.